The van der Waals surface area contributed by atoms with Gasteiger partial charge < -0.3 is 14.2 Å². The lowest BCUT2D eigenvalue weighted by molar-refractivity contribution is 0.355. The number of sulfonamides is 1. The maximum Gasteiger partial charge on any atom is 0.262 e. The summed E-state index contributed by atoms with van der Waals surface area (Å²) < 4.78 is 58.7. The minimum Gasteiger partial charge on any atom is -0.493 e. The Morgan fingerprint density at radius 1 is 0.971 bits per heavy atom. The van der Waals surface area contributed by atoms with Crippen LogP contribution in [-0.4, -0.2) is 27.6 Å². The number of aromatic nitrogens is 1. The van der Waals surface area contributed by atoms with Crippen LogP contribution in [0.1, 0.15) is 5.56 Å². The number of hydrogen-bond donors (Lipinski definition) is 1. The van der Waals surface area contributed by atoms with Crippen LogP contribution in [0, 0.1) is 17.1 Å². The molecule has 0 radical (unpaired) electrons. The van der Waals surface area contributed by atoms with E-state index in [4.69, 9.17) is 19.5 Å². The lowest BCUT2D eigenvalue weighted by Gasteiger charge is -2.13. The van der Waals surface area contributed by atoms with Crippen molar-refractivity contribution in [1.82, 2.24) is 4.98 Å². The van der Waals surface area contributed by atoms with Gasteiger partial charge in [0.05, 0.1) is 42.0 Å². The first-order chi connectivity index (χ1) is 16.3. The van der Waals surface area contributed by atoms with E-state index >= 15 is 0 Å². The normalized spacial score (nSPS) is 11.0. The average Bonchev–Trinajstić information content (AvgIpc) is 2.85. The summed E-state index contributed by atoms with van der Waals surface area (Å²) in [7, 11) is -1.08. The van der Waals surface area contributed by atoms with E-state index in [1.807, 2.05) is 6.07 Å². The van der Waals surface area contributed by atoms with E-state index in [9.17, 15) is 12.8 Å². The Bertz CT molecular complexity index is 1530. The summed E-state index contributed by atoms with van der Waals surface area (Å²) in [5.41, 5.74) is 0.492. The van der Waals surface area contributed by atoms with Crippen molar-refractivity contribution in [3.63, 3.8) is 0 Å². The highest BCUT2D eigenvalue weighted by Crippen LogP contribution is 2.37. The third-order valence-electron chi connectivity index (χ3n) is 4.89. The minimum atomic E-state index is -4.10. The van der Waals surface area contributed by atoms with Gasteiger partial charge in [-0.05, 0) is 42.5 Å². The topological polar surface area (TPSA) is 111 Å². The fourth-order valence-electron chi connectivity index (χ4n) is 3.24. The third kappa shape index (κ3) is 4.55. The van der Waals surface area contributed by atoms with Gasteiger partial charge in [-0.1, -0.05) is 6.07 Å². The van der Waals surface area contributed by atoms with Crippen molar-refractivity contribution in [2.24, 2.45) is 0 Å². The Kier molecular flexibility index (Phi) is 6.21. The highest BCUT2D eigenvalue weighted by Gasteiger charge is 2.18. The number of nitrogens with zero attached hydrogens (tertiary/aromatic N) is 2. The first-order valence-corrected chi connectivity index (χ1v) is 11.3. The maximum absolute atomic E-state index is 14.8. The maximum atomic E-state index is 14.8. The Morgan fingerprint density at radius 2 is 1.74 bits per heavy atom. The van der Waals surface area contributed by atoms with Gasteiger partial charge >= 0.3 is 0 Å². The molecule has 0 amide bonds. The molecule has 0 saturated heterocycles. The summed E-state index contributed by atoms with van der Waals surface area (Å²) in [5.74, 6) is 0.684. The zero-order chi connectivity index (χ0) is 24.3. The number of ether oxygens (including phenoxy) is 3. The largest absolute Gasteiger partial charge is 0.493 e. The molecule has 1 heterocycles. The summed E-state index contributed by atoms with van der Waals surface area (Å²) in [6.45, 7) is 0. The number of rotatable bonds is 7. The molecule has 10 heteroatoms. The molecule has 3 aromatic carbocycles. The molecule has 172 valence electrons. The second kappa shape index (κ2) is 9.25. The standard InChI is InChI=1S/C24H18FN3O5S/c1-31-23-12-18-21(13-24(23)32-2)27-9-8-22(18)33-16-6-7-20(19(25)11-16)28-34(29,30)17-5-3-4-15(10-17)14-26/h3-13,28H,1-2H3. The summed E-state index contributed by atoms with van der Waals surface area (Å²) >= 11 is 0. The quantitative estimate of drug-likeness (QED) is 0.403. The van der Waals surface area contributed by atoms with Crippen LogP contribution in [0.25, 0.3) is 10.9 Å². The van der Waals surface area contributed by atoms with E-state index in [0.717, 1.165) is 6.07 Å². The summed E-state index contributed by atoms with van der Waals surface area (Å²) in [4.78, 5) is 4.14. The molecular weight excluding hydrogens is 461 g/mol. The van der Waals surface area contributed by atoms with Gasteiger partial charge in [-0.15, -0.1) is 0 Å². The summed E-state index contributed by atoms with van der Waals surface area (Å²) in [6, 6.07) is 16.1. The number of fused-ring (bicyclic) bond motifs is 1. The monoisotopic (exact) mass is 479 g/mol. The van der Waals surface area contributed by atoms with Gasteiger partial charge in [0.25, 0.3) is 10.0 Å². The van der Waals surface area contributed by atoms with E-state index in [2.05, 4.69) is 9.71 Å². The summed E-state index contributed by atoms with van der Waals surface area (Å²) in [5, 5.41) is 9.59. The molecule has 4 aromatic rings. The van der Waals surface area contributed by atoms with Gasteiger partial charge in [0.15, 0.2) is 17.3 Å². The SMILES string of the molecule is COc1cc2nccc(Oc3ccc(NS(=O)(=O)c4cccc(C#N)c4)c(F)c3)c2cc1OC. The number of halogens is 1. The van der Waals surface area contributed by atoms with Crippen LogP contribution < -0.4 is 18.9 Å². The van der Waals surface area contributed by atoms with Crippen molar-refractivity contribution in [2.75, 3.05) is 18.9 Å². The predicted octanol–water partition coefficient (Wildman–Crippen LogP) is 4.86. The van der Waals surface area contributed by atoms with Crippen molar-refractivity contribution in [1.29, 1.82) is 5.26 Å². The van der Waals surface area contributed by atoms with Crippen LogP contribution in [0.4, 0.5) is 10.1 Å². The Morgan fingerprint density at radius 3 is 2.44 bits per heavy atom. The molecule has 0 aliphatic rings. The van der Waals surface area contributed by atoms with Gasteiger partial charge in [0.1, 0.15) is 11.5 Å². The lowest BCUT2D eigenvalue weighted by atomic mass is 10.2. The van der Waals surface area contributed by atoms with Crippen molar-refractivity contribution in [2.45, 2.75) is 4.90 Å². The minimum absolute atomic E-state index is 0.147. The number of anilines is 1. The van der Waals surface area contributed by atoms with E-state index < -0.39 is 15.8 Å². The second-order valence-electron chi connectivity index (χ2n) is 7.02. The average molecular weight is 479 g/mol. The van der Waals surface area contributed by atoms with Crippen LogP contribution >= 0.6 is 0 Å². The number of nitriles is 1. The fraction of sp³-hybridized carbons (Fsp3) is 0.0833. The number of nitrogens with one attached hydrogen (secondary N) is 1. The van der Waals surface area contributed by atoms with Crippen molar-refractivity contribution in [3.8, 4) is 29.1 Å². The smallest absolute Gasteiger partial charge is 0.262 e. The van der Waals surface area contributed by atoms with Crippen LogP contribution in [0.5, 0.6) is 23.0 Å². The lowest BCUT2D eigenvalue weighted by Crippen LogP contribution is -2.14. The molecule has 0 spiro atoms. The Balaban J connectivity index is 1.62. The molecule has 34 heavy (non-hydrogen) atoms. The molecular formula is C24H18FN3O5S. The van der Waals surface area contributed by atoms with Gasteiger partial charge in [-0.25, -0.2) is 12.8 Å². The zero-order valence-corrected chi connectivity index (χ0v) is 18.9. The molecule has 0 fully saturated rings. The first kappa shape index (κ1) is 22.8. The predicted molar refractivity (Wildman–Crippen MR) is 123 cm³/mol. The van der Waals surface area contributed by atoms with Crippen LogP contribution in [0.3, 0.4) is 0 Å². The highest BCUT2D eigenvalue weighted by atomic mass is 32.2. The number of benzene rings is 3. The van der Waals surface area contributed by atoms with Crippen LogP contribution in [0.2, 0.25) is 0 Å². The molecule has 0 saturated carbocycles. The molecule has 0 atom stereocenters. The zero-order valence-electron chi connectivity index (χ0n) is 18.1. The highest BCUT2D eigenvalue weighted by molar-refractivity contribution is 7.92. The van der Waals surface area contributed by atoms with Crippen molar-refractivity contribution in [3.05, 3.63) is 78.2 Å². The molecule has 0 unspecified atom stereocenters. The molecule has 4 rings (SSSR count). The van der Waals surface area contributed by atoms with Crippen LogP contribution in [-0.2, 0) is 10.0 Å². The van der Waals surface area contributed by atoms with Crippen LogP contribution in [0.15, 0.2) is 71.8 Å². The van der Waals surface area contributed by atoms with E-state index in [1.165, 1.54) is 56.8 Å². The second-order valence-corrected chi connectivity index (χ2v) is 8.70. The Hall–Kier alpha value is -4.36. The molecule has 1 N–H and O–H groups in total. The summed E-state index contributed by atoms with van der Waals surface area (Å²) in [6.07, 6.45) is 1.54. The molecule has 1 aromatic heterocycles. The van der Waals surface area contributed by atoms with Gasteiger partial charge in [-0.2, -0.15) is 5.26 Å². The van der Waals surface area contributed by atoms with E-state index in [-0.39, 0.29) is 21.9 Å². The molecule has 0 bridgehead atoms. The van der Waals surface area contributed by atoms with Crippen molar-refractivity contribution < 1.29 is 27.0 Å². The van der Waals surface area contributed by atoms with E-state index in [0.29, 0.717) is 28.2 Å². The van der Waals surface area contributed by atoms with Gasteiger partial charge in [-0.3, -0.25) is 9.71 Å². The Labute approximate surface area is 195 Å². The number of methoxy groups -OCH3 is 2. The number of pyridine rings is 1. The van der Waals surface area contributed by atoms with E-state index in [1.54, 1.807) is 18.2 Å². The molecule has 0 aliphatic heterocycles. The van der Waals surface area contributed by atoms with Crippen molar-refractivity contribution >= 4 is 26.6 Å². The fourth-order valence-corrected chi connectivity index (χ4v) is 4.35. The van der Waals surface area contributed by atoms with Gasteiger partial charge in [0.2, 0.25) is 0 Å². The molecule has 8 nitrogen and oxygen atoms in total. The number of hydrogen-bond acceptors (Lipinski definition) is 7. The first-order valence-electron chi connectivity index (χ1n) is 9.86. The molecule has 0 aliphatic carbocycles. The third-order valence-corrected chi connectivity index (χ3v) is 6.26. The van der Waals surface area contributed by atoms with Gasteiger partial charge in [0, 0.05) is 23.7 Å².